The molecule has 2 N–H and O–H groups in total. The van der Waals surface area contributed by atoms with Crippen molar-refractivity contribution in [1.29, 1.82) is 0 Å². The molecule has 0 unspecified atom stereocenters. The van der Waals surface area contributed by atoms with Gasteiger partial charge in [-0.1, -0.05) is 0 Å². The lowest BCUT2D eigenvalue weighted by Gasteiger charge is -2.39. The molecular formula is C20H19F5N6O7S. The van der Waals surface area contributed by atoms with Crippen molar-refractivity contribution in [3.05, 3.63) is 46.5 Å². The van der Waals surface area contributed by atoms with Gasteiger partial charge in [-0.3, -0.25) is 9.21 Å². The number of nitrogens with one attached hydrogen (secondary N) is 1. The number of anilines is 2. The number of amides is 1. The number of carbonyl (C=O) groups is 1. The SMILES string of the molecule is Cc1nn(C(F)F)cc1S(=O)(=O)N1C[C@H](c2n[nH]c(=O)o2)Oc2ccc(N(C(=O)O)C(C)(C)C(F)(F)F)cc21. The lowest BCUT2D eigenvalue weighted by Crippen LogP contribution is -2.57. The number of aromatic nitrogens is 4. The molecule has 3 aromatic rings. The molecule has 0 radical (unpaired) electrons. The van der Waals surface area contributed by atoms with E-state index in [0.29, 0.717) is 24.3 Å². The molecule has 1 aliphatic heterocycles. The predicted molar refractivity (Wildman–Crippen MR) is 120 cm³/mol. The number of H-pyrrole nitrogens is 1. The van der Waals surface area contributed by atoms with Crippen LogP contribution in [-0.2, 0) is 10.0 Å². The van der Waals surface area contributed by atoms with Gasteiger partial charge in [0.05, 0.1) is 29.8 Å². The fraction of sp³-hybridized carbons (Fsp3) is 0.400. The van der Waals surface area contributed by atoms with E-state index in [1.54, 1.807) is 0 Å². The van der Waals surface area contributed by atoms with Gasteiger partial charge in [0.15, 0.2) is 6.10 Å². The average molecular weight is 582 g/mol. The van der Waals surface area contributed by atoms with Crippen LogP contribution in [0.15, 0.2) is 38.5 Å². The number of aromatic amines is 1. The summed E-state index contributed by atoms with van der Waals surface area (Å²) in [5.74, 6) is -1.66. The number of carboxylic acid groups (broad SMARTS) is 1. The number of nitrogens with zero attached hydrogens (tertiary/aromatic N) is 5. The van der Waals surface area contributed by atoms with Gasteiger partial charge >= 0.3 is 24.6 Å². The third-order valence-electron chi connectivity index (χ3n) is 5.88. The molecule has 2 aromatic heterocycles. The maximum absolute atomic E-state index is 13.8. The summed E-state index contributed by atoms with van der Waals surface area (Å²) in [6.07, 6.45) is -7.83. The van der Waals surface area contributed by atoms with Crippen molar-refractivity contribution in [3.8, 4) is 5.75 Å². The summed E-state index contributed by atoms with van der Waals surface area (Å²) in [6, 6.07) is 2.80. The number of aryl methyl sites for hydroxylation is 1. The summed E-state index contributed by atoms with van der Waals surface area (Å²) >= 11 is 0. The minimum absolute atomic E-state index is 0.00298. The fourth-order valence-corrected chi connectivity index (χ4v) is 5.48. The normalized spacial score (nSPS) is 16.2. The van der Waals surface area contributed by atoms with Crippen LogP contribution in [0.2, 0.25) is 0 Å². The van der Waals surface area contributed by atoms with Crippen molar-refractivity contribution in [3.63, 3.8) is 0 Å². The molecule has 0 saturated carbocycles. The van der Waals surface area contributed by atoms with Gasteiger partial charge in [0.25, 0.3) is 15.9 Å². The molecule has 0 fully saturated rings. The summed E-state index contributed by atoms with van der Waals surface area (Å²) in [7, 11) is -4.79. The standard InChI is InChI=1S/C20H19F5N6O7S/c1-9-14(8-29(28-9)16(21)22)39(35,36)30-7-13(15-26-27-17(32)38-15)37-12-5-4-10(6-11(12)30)31(18(33)34)19(2,3)20(23,24)25/h4-6,8,13,16H,7H2,1-3H3,(H,27,32)(H,33,34)/t13-/m1/s1. The minimum atomic E-state index is -5.03. The third kappa shape index (κ3) is 4.77. The van der Waals surface area contributed by atoms with E-state index in [0.717, 1.165) is 25.1 Å². The summed E-state index contributed by atoms with van der Waals surface area (Å²) in [5, 5.41) is 18.7. The van der Waals surface area contributed by atoms with E-state index in [1.807, 2.05) is 5.10 Å². The van der Waals surface area contributed by atoms with Crippen LogP contribution >= 0.6 is 0 Å². The molecule has 39 heavy (non-hydrogen) atoms. The van der Waals surface area contributed by atoms with Crippen molar-refractivity contribution >= 4 is 27.5 Å². The molecule has 0 aliphatic carbocycles. The van der Waals surface area contributed by atoms with E-state index in [1.165, 1.54) is 0 Å². The Hall–Kier alpha value is -4.16. The van der Waals surface area contributed by atoms with Gasteiger partial charge in [-0.05, 0) is 39.0 Å². The van der Waals surface area contributed by atoms with Gasteiger partial charge in [0, 0.05) is 0 Å². The Morgan fingerprint density at radius 2 is 1.95 bits per heavy atom. The average Bonchev–Trinajstić information content (AvgIpc) is 3.43. The molecule has 13 nitrogen and oxygen atoms in total. The molecule has 0 spiro atoms. The lowest BCUT2D eigenvalue weighted by molar-refractivity contribution is -0.175. The zero-order valence-electron chi connectivity index (χ0n) is 20.1. The summed E-state index contributed by atoms with van der Waals surface area (Å²) in [4.78, 5) is 22.7. The van der Waals surface area contributed by atoms with Crippen molar-refractivity contribution in [2.75, 3.05) is 15.7 Å². The van der Waals surface area contributed by atoms with Crippen LogP contribution in [0.3, 0.4) is 0 Å². The number of benzene rings is 1. The summed E-state index contributed by atoms with van der Waals surface area (Å²) in [5.41, 5.74) is -4.28. The zero-order valence-corrected chi connectivity index (χ0v) is 20.9. The highest BCUT2D eigenvalue weighted by Crippen LogP contribution is 2.45. The van der Waals surface area contributed by atoms with E-state index < -0.39 is 69.1 Å². The molecule has 1 aromatic carbocycles. The van der Waals surface area contributed by atoms with E-state index in [9.17, 15) is 45.1 Å². The first-order valence-corrected chi connectivity index (χ1v) is 12.2. The van der Waals surface area contributed by atoms with Crippen LogP contribution < -0.4 is 19.7 Å². The highest BCUT2D eigenvalue weighted by Gasteiger charge is 2.54. The topological polar surface area (TPSA) is 164 Å². The number of fused-ring (bicyclic) bond motifs is 1. The third-order valence-corrected chi connectivity index (χ3v) is 7.77. The Morgan fingerprint density at radius 3 is 2.46 bits per heavy atom. The Labute approximate surface area is 215 Å². The van der Waals surface area contributed by atoms with E-state index in [-0.39, 0.29) is 26.9 Å². The van der Waals surface area contributed by atoms with Gasteiger partial charge in [0.2, 0.25) is 0 Å². The second kappa shape index (κ2) is 9.24. The molecule has 1 atom stereocenters. The first-order valence-electron chi connectivity index (χ1n) is 10.8. The number of alkyl halides is 5. The predicted octanol–water partition coefficient (Wildman–Crippen LogP) is 3.42. The second-order valence-corrected chi connectivity index (χ2v) is 10.6. The monoisotopic (exact) mass is 582 g/mol. The van der Waals surface area contributed by atoms with Gasteiger partial charge in [-0.2, -0.15) is 27.1 Å². The van der Waals surface area contributed by atoms with Crippen LogP contribution in [-0.4, -0.2) is 57.9 Å². The number of sulfonamides is 1. The van der Waals surface area contributed by atoms with Gasteiger partial charge in [-0.15, -0.1) is 5.10 Å². The molecule has 212 valence electrons. The zero-order chi connectivity index (χ0) is 29.1. The Kier molecular flexibility index (Phi) is 6.60. The second-order valence-electron chi connectivity index (χ2n) is 8.76. The van der Waals surface area contributed by atoms with Gasteiger partial charge in [-0.25, -0.2) is 27.8 Å². The molecule has 1 amide bonds. The Balaban J connectivity index is 1.91. The Morgan fingerprint density at radius 1 is 1.28 bits per heavy atom. The number of rotatable bonds is 6. The van der Waals surface area contributed by atoms with Crippen LogP contribution in [0.25, 0.3) is 0 Å². The molecule has 0 bridgehead atoms. The van der Waals surface area contributed by atoms with Crippen LogP contribution in [0, 0.1) is 6.92 Å². The van der Waals surface area contributed by atoms with Crippen LogP contribution in [0.1, 0.15) is 38.1 Å². The van der Waals surface area contributed by atoms with Gasteiger partial charge < -0.3 is 14.3 Å². The maximum Gasteiger partial charge on any atom is 0.434 e. The summed E-state index contributed by atoms with van der Waals surface area (Å²) < 4.78 is 106. The maximum atomic E-state index is 13.8. The first kappa shape index (κ1) is 27.9. The number of ether oxygens (including phenoxy) is 1. The minimum Gasteiger partial charge on any atom is -0.476 e. The van der Waals surface area contributed by atoms with Crippen LogP contribution in [0.4, 0.5) is 38.1 Å². The molecular weight excluding hydrogens is 563 g/mol. The Bertz CT molecular complexity index is 1580. The first-order chi connectivity index (χ1) is 17.9. The largest absolute Gasteiger partial charge is 0.476 e. The molecule has 0 saturated heterocycles. The van der Waals surface area contributed by atoms with Crippen molar-refractivity contribution in [1.82, 2.24) is 20.0 Å². The highest BCUT2D eigenvalue weighted by atomic mass is 32.2. The van der Waals surface area contributed by atoms with Gasteiger partial charge in [0.1, 0.15) is 16.2 Å². The van der Waals surface area contributed by atoms with Crippen molar-refractivity contribution in [2.24, 2.45) is 0 Å². The number of hydrogen-bond donors (Lipinski definition) is 2. The molecule has 4 rings (SSSR count). The number of hydrogen-bond acceptors (Lipinski definition) is 8. The van der Waals surface area contributed by atoms with E-state index in [2.05, 4.69) is 10.2 Å². The summed E-state index contributed by atoms with van der Waals surface area (Å²) in [6.45, 7) is -1.50. The highest BCUT2D eigenvalue weighted by molar-refractivity contribution is 7.92. The smallest absolute Gasteiger partial charge is 0.434 e. The fourth-order valence-electron chi connectivity index (χ4n) is 3.85. The molecule has 1 aliphatic rings. The number of halogens is 5. The molecule has 19 heteroatoms. The quantitative estimate of drug-likeness (QED) is 0.415. The van der Waals surface area contributed by atoms with Crippen LogP contribution in [0.5, 0.6) is 5.75 Å². The lowest BCUT2D eigenvalue weighted by atomic mass is 10.0. The van der Waals surface area contributed by atoms with Crippen molar-refractivity contribution in [2.45, 2.75) is 50.0 Å². The van der Waals surface area contributed by atoms with E-state index in [4.69, 9.17) is 9.15 Å². The van der Waals surface area contributed by atoms with Crippen molar-refractivity contribution < 1.29 is 49.4 Å². The van der Waals surface area contributed by atoms with E-state index >= 15 is 0 Å². The molecule has 3 heterocycles.